The van der Waals surface area contributed by atoms with Crippen molar-refractivity contribution in [3.8, 4) is 5.75 Å². The van der Waals surface area contributed by atoms with E-state index in [1.807, 2.05) is 13.0 Å². The van der Waals surface area contributed by atoms with E-state index in [4.69, 9.17) is 4.74 Å². The number of ether oxygens (including phenoxy) is 1. The van der Waals surface area contributed by atoms with Gasteiger partial charge in [0.15, 0.2) is 0 Å². The van der Waals surface area contributed by atoms with Gasteiger partial charge in [-0.15, -0.1) is 0 Å². The van der Waals surface area contributed by atoms with Crippen molar-refractivity contribution in [2.75, 3.05) is 20.2 Å². The maximum absolute atomic E-state index is 9.23. The van der Waals surface area contributed by atoms with E-state index in [1.165, 1.54) is 19.4 Å². The number of pyridine rings is 1. The minimum Gasteiger partial charge on any atom is -0.493 e. The van der Waals surface area contributed by atoms with Crippen LogP contribution in [0.2, 0.25) is 0 Å². The number of nitrogens with zero attached hydrogens (tertiary/aromatic N) is 2. The summed E-state index contributed by atoms with van der Waals surface area (Å²) in [5.41, 5.74) is 1.68. The zero-order valence-corrected chi connectivity index (χ0v) is 11.2. The Morgan fingerprint density at radius 3 is 3.06 bits per heavy atom. The maximum Gasteiger partial charge on any atom is 0.128 e. The molecule has 18 heavy (non-hydrogen) atoms. The van der Waals surface area contributed by atoms with Crippen LogP contribution >= 0.6 is 0 Å². The summed E-state index contributed by atoms with van der Waals surface area (Å²) in [6.45, 7) is 3.80. The lowest BCUT2D eigenvalue weighted by molar-refractivity contribution is 0.224. The highest BCUT2D eigenvalue weighted by Crippen LogP contribution is 2.21. The van der Waals surface area contributed by atoms with Crippen LogP contribution in [0, 0.1) is 6.92 Å². The fourth-order valence-electron chi connectivity index (χ4n) is 2.47. The lowest BCUT2D eigenvalue weighted by Gasteiger charge is -2.19. The van der Waals surface area contributed by atoms with Gasteiger partial charge in [0.2, 0.25) is 0 Å². The van der Waals surface area contributed by atoms with Gasteiger partial charge < -0.3 is 14.7 Å². The van der Waals surface area contributed by atoms with E-state index in [9.17, 15) is 5.11 Å². The molecule has 0 radical (unpaired) electrons. The zero-order chi connectivity index (χ0) is 13.0. The Bertz CT molecular complexity index is 395. The van der Waals surface area contributed by atoms with E-state index in [1.54, 1.807) is 6.20 Å². The number of likely N-dealkylation sites (tertiary alicyclic amines) is 1. The van der Waals surface area contributed by atoms with E-state index in [-0.39, 0.29) is 6.61 Å². The number of aliphatic hydroxyl groups is 1. The molecule has 1 aliphatic rings. The van der Waals surface area contributed by atoms with E-state index in [0.717, 1.165) is 23.4 Å². The first-order chi connectivity index (χ1) is 8.70. The fraction of sp³-hybridized carbons (Fsp3) is 0.643. The maximum atomic E-state index is 9.23. The van der Waals surface area contributed by atoms with Gasteiger partial charge in [-0.25, -0.2) is 0 Å². The van der Waals surface area contributed by atoms with E-state index >= 15 is 0 Å². The van der Waals surface area contributed by atoms with Crippen LogP contribution in [0.1, 0.15) is 30.5 Å². The summed E-state index contributed by atoms with van der Waals surface area (Å²) in [7, 11) is 2.17. The van der Waals surface area contributed by atoms with Crippen molar-refractivity contribution in [1.82, 2.24) is 9.88 Å². The van der Waals surface area contributed by atoms with Crippen LogP contribution in [0.25, 0.3) is 0 Å². The van der Waals surface area contributed by atoms with Gasteiger partial charge in [-0.2, -0.15) is 0 Å². The van der Waals surface area contributed by atoms with Crippen LogP contribution in [0.4, 0.5) is 0 Å². The molecule has 1 aliphatic heterocycles. The third-order valence-corrected chi connectivity index (χ3v) is 3.63. The minimum absolute atomic E-state index is 0.0219. The van der Waals surface area contributed by atoms with Crippen LogP contribution in [-0.4, -0.2) is 41.2 Å². The number of aryl methyl sites for hydroxylation is 1. The Morgan fingerprint density at radius 2 is 2.39 bits per heavy atom. The van der Waals surface area contributed by atoms with Gasteiger partial charge in [0.1, 0.15) is 5.75 Å². The largest absolute Gasteiger partial charge is 0.493 e. The summed E-state index contributed by atoms with van der Waals surface area (Å²) in [5, 5.41) is 9.23. The first-order valence-electron chi connectivity index (χ1n) is 6.60. The standard InChI is InChI=1S/C14H22N2O2/c1-11-8-14(12(10-17)9-15-11)18-7-5-13-4-3-6-16(13)2/h8-9,13,17H,3-7,10H2,1-2H3. The van der Waals surface area contributed by atoms with Gasteiger partial charge in [0.05, 0.1) is 13.2 Å². The van der Waals surface area contributed by atoms with Crippen molar-refractivity contribution < 1.29 is 9.84 Å². The Labute approximate surface area is 109 Å². The molecule has 1 aromatic heterocycles. The second-order valence-electron chi connectivity index (χ2n) is 5.01. The zero-order valence-electron chi connectivity index (χ0n) is 11.2. The highest BCUT2D eigenvalue weighted by atomic mass is 16.5. The van der Waals surface area contributed by atoms with E-state index in [2.05, 4.69) is 16.9 Å². The molecule has 4 heteroatoms. The summed E-state index contributed by atoms with van der Waals surface area (Å²) >= 11 is 0. The number of hydrogen-bond donors (Lipinski definition) is 1. The molecule has 1 unspecified atom stereocenters. The molecule has 0 aliphatic carbocycles. The third-order valence-electron chi connectivity index (χ3n) is 3.63. The highest BCUT2D eigenvalue weighted by molar-refractivity contribution is 5.32. The van der Waals surface area contributed by atoms with Crippen molar-refractivity contribution in [1.29, 1.82) is 0 Å². The number of aliphatic hydroxyl groups excluding tert-OH is 1. The first-order valence-corrected chi connectivity index (χ1v) is 6.60. The summed E-state index contributed by atoms with van der Waals surface area (Å²) in [5.74, 6) is 0.769. The Hall–Kier alpha value is -1.13. The van der Waals surface area contributed by atoms with E-state index in [0.29, 0.717) is 12.6 Å². The predicted octanol–water partition coefficient (Wildman–Crippen LogP) is 1.75. The Kier molecular flexibility index (Phi) is 4.55. The topological polar surface area (TPSA) is 45.6 Å². The molecule has 0 bridgehead atoms. The Morgan fingerprint density at radius 1 is 1.56 bits per heavy atom. The van der Waals surface area contributed by atoms with Crippen LogP contribution in [0.15, 0.2) is 12.3 Å². The molecular weight excluding hydrogens is 228 g/mol. The molecule has 0 amide bonds. The second kappa shape index (κ2) is 6.16. The third kappa shape index (κ3) is 3.21. The van der Waals surface area contributed by atoms with Crippen LogP contribution in [0.3, 0.4) is 0 Å². The van der Waals surface area contributed by atoms with Crippen molar-refractivity contribution in [3.05, 3.63) is 23.5 Å². The summed E-state index contributed by atoms with van der Waals surface area (Å²) in [4.78, 5) is 6.56. The molecular formula is C14H22N2O2. The molecule has 2 heterocycles. The predicted molar refractivity (Wildman–Crippen MR) is 70.7 cm³/mol. The smallest absolute Gasteiger partial charge is 0.128 e. The van der Waals surface area contributed by atoms with Gasteiger partial charge >= 0.3 is 0 Å². The number of rotatable bonds is 5. The normalized spacial score (nSPS) is 20.3. The van der Waals surface area contributed by atoms with Gasteiger partial charge in [-0.3, -0.25) is 4.98 Å². The number of aromatic nitrogens is 1. The quantitative estimate of drug-likeness (QED) is 0.864. The van der Waals surface area contributed by atoms with Crippen molar-refractivity contribution in [2.24, 2.45) is 0 Å². The average molecular weight is 250 g/mol. The second-order valence-corrected chi connectivity index (χ2v) is 5.01. The molecule has 2 rings (SSSR count). The highest BCUT2D eigenvalue weighted by Gasteiger charge is 2.20. The molecule has 0 aromatic carbocycles. The molecule has 1 aromatic rings. The van der Waals surface area contributed by atoms with Gasteiger partial charge in [0.25, 0.3) is 0 Å². The molecule has 1 saturated heterocycles. The van der Waals surface area contributed by atoms with Crippen molar-refractivity contribution >= 4 is 0 Å². The van der Waals surface area contributed by atoms with Gasteiger partial charge in [0, 0.05) is 29.6 Å². The number of hydrogen-bond acceptors (Lipinski definition) is 4. The molecule has 1 atom stereocenters. The first kappa shape index (κ1) is 13.3. The summed E-state index contributed by atoms with van der Waals surface area (Å²) in [6, 6.07) is 2.54. The molecule has 0 saturated carbocycles. The average Bonchev–Trinajstić information content (AvgIpc) is 2.76. The SMILES string of the molecule is Cc1cc(OCCC2CCCN2C)c(CO)cn1. The lowest BCUT2D eigenvalue weighted by Crippen LogP contribution is -2.26. The molecule has 1 fully saturated rings. The summed E-state index contributed by atoms with van der Waals surface area (Å²) < 4.78 is 5.79. The monoisotopic (exact) mass is 250 g/mol. The molecule has 1 N–H and O–H groups in total. The molecule has 4 nitrogen and oxygen atoms in total. The van der Waals surface area contributed by atoms with Crippen LogP contribution in [0.5, 0.6) is 5.75 Å². The van der Waals surface area contributed by atoms with Crippen LogP contribution < -0.4 is 4.74 Å². The van der Waals surface area contributed by atoms with E-state index < -0.39 is 0 Å². The van der Waals surface area contributed by atoms with Crippen molar-refractivity contribution in [2.45, 2.75) is 38.8 Å². The minimum atomic E-state index is -0.0219. The Balaban J connectivity index is 1.87. The van der Waals surface area contributed by atoms with Crippen molar-refractivity contribution in [3.63, 3.8) is 0 Å². The van der Waals surface area contributed by atoms with Gasteiger partial charge in [-0.1, -0.05) is 0 Å². The summed E-state index contributed by atoms with van der Waals surface area (Å²) in [6.07, 6.45) is 5.29. The fourth-order valence-corrected chi connectivity index (χ4v) is 2.47. The lowest BCUT2D eigenvalue weighted by atomic mass is 10.1. The molecule has 100 valence electrons. The molecule has 0 spiro atoms. The van der Waals surface area contributed by atoms with Gasteiger partial charge in [-0.05, 0) is 39.8 Å². The van der Waals surface area contributed by atoms with Crippen LogP contribution in [-0.2, 0) is 6.61 Å².